The van der Waals surface area contributed by atoms with Crippen LogP contribution in [-0.4, -0.2) is 42.9 Å². The minimum Gasteiger partial charge on any atom is -0.478 e. The highest BCUT2D eigenvalue weighted by Gasteiger charge is 2.12. The molecule has 4 aromatic rings. The molecule has 10 heteroatoms. The molecule has 0 saturated heterocycles. The zero-order valence-corrected chi connectivity index (χ0v) is 16.4. The molecule has 3 N–H and O–H groups in total. The van der Waals surface area contributed by atoms with E-state index in [-0.39, 0.29) is 22.9 Å². The highest BCUT2D eigenvalue weighted by molar-refractivity contribution is 7.99. The smallest absolute Gasteiger partial charge is 0.337 e. The molecule has 0 spiro atoms. The van der Waals surface area contributed by atoms with Crippen molar-refractivity contribution in [2.75, 3.05) is 11.1 Å². The lowest BCUT2D eigenvalue weighted by Gasteiger charge is -2.07. The maximum Gasteiger partial charge on any atom is 0.337 e. The molecule has 2 aromatic carbocycles. The zero-order chi connectivity index (χ0) is 20.4. The second-order valence-corrected chi connectivity index (χ2v) is 7.58. The molecule has 29 heavy (non-hydrogen) atoms. The van der Waals surface area contributed by atoms with E-state index in [9.17, 15) is 9.59 Å². The highest BCUT2D eigenvalue weighted by Crippen LogP contribution is 2.24. The number of carbonyl (C=O) groups is 2. The molecule has 0 atom stereocenters. The lowest BCUT2D eigenvalue weighted by atomic mass is 10.2. The largest absolute Gasteiger partial charge is 0.478 e. The Morgan fingerprint density at radius 1 is 1.17 bits per heavy atom. The number of para-hydroxylation sites is 1. The van der Waals surface area contributed by atoms with E-state index in [0.717, 1.165) is 10.9 Å². The molecule has 0 bridgehead atoms. The normalized spacial score (nSPS) is 11.1. The Hall–Kier alpha value is -3.17. The number of nitrogens with one attached hydrogen (secondary N) is 2. The second-order valence-electron chi connectivity index (χ2n) is 6.11. The number of carboxylic acids is 1. The summed E-state index contributed by atoms with van der Waals surface area (Å²) < 4.78 is 0. The van der Waals surface area contributed by atoms with Crippen LogP contribution < -0.4 is 5.32 Å². The summed E-state index contributed by atoms with van der Waals surface area (Å²) in [6.45, 7) is 0. The first-order chi connectivity index (χ1) is 14.0. The average molecular weight is 428 g/mol. The molecule has 8 nitrogen and oxygen atoms in total. The molecule has 0 unspecified atom stereocenters. The van der Waals surface area contributed by atoms with Gasteiger partial charge in [-0.05, 0) is 24.3 Å². The van der Waals surface area contributed by atoms with Crippen LogP contribution in [0.3, 0.4) is 0 Å². The number of hydrogen-bond donors (Lipinski definition) is 3. The number of rotatable bonds is 6. The van der Waals surface area contributed by atoms with Crippen molar-refractivity contribution in [1.82, 2.24) is 20.2 Å². The number of nitrogens with zero attached hydrogens (tertiary/aromatic N) is 3. The quantitative estimate of drug-likeness (QED) is 0.398. The summed E-state index contributed by atoms with van der Waals surface area (Å²) in [6.07, 6.45) is 0.198. The number of anilines is 1. The summed E-state index contributed by atoms with van der Waals surface area (Å²) in [4.78, 5) is 30.9. The van der Waals surface area contributed by atoms with E-state index in [1.807, 2.05) is 24.3 Å². The third kappa shape index (κ3) is 4.15. The first-order valence-corrected chi connectivity index (χ1v) is 9.94. The number of hydrogen-bond acceptors (Lipinski definition) is 6. The van der Waals surface area contributed by atoms with Crippen LogP contribution in [0.15, 0.2) is 47.6 Å². The van der Waals surface area contributed by atoms with Gasteiger partial charge >= 0.3 is 5.97 Å². The standard InChI is InChI=1S/C19H14ClN5O3S/c20-13-6-5-10(9-12(13)18(27)28)21-15(26)7-8-29-19-23-17-16(24-25-19)11-3-1-2-4-14(11)22-17/h1-6,9H,7-8H2,(H,21,26)(H,27,28)(H,22,23,25). The predicted octanol–water partition coefficient (Wildman–Crippen LogP) is 3.98. The number of H-pyrrole nitrogens is 1. The van der Waals surface area contributed by atoms with Crippen molar-refractivity contribution in [2.45, 2.75) is 11.6 Å². The van der Waals surface area contributed by atoms with E-state index >= 15 is 0 Å². The summed E-state index contributed by atoms with van der Waals surface area (Å²) in [6, 6.07) is 12.1. The monoisotopic (exact) mass is 427 g/mol. The Morgan fingerprint density at radius 2 is 2.00 bits per heavy atom. The first kappa shape index (κ1) is 19.2. The van der Waals surface area contributed by atoms with Crippen LogP contribution in [0.4, 0.5) is 5.69 Å². The Kier molecular flexibility index (Phi) is 5.32. The summed E-state index contributed by atoms with van der Waals surface area (Å²) in [5, 5.41) is 21.7. The second kappa shape index (κ2) is 8.06. The molecule has 0 aliphatic rings. The molecular weight excluding hydrogens is 414 g/mol. The number of fused-ring (bicyclic) bond motifs is 3. The van der Waals surface area contributed by atoms with Crippen molar-refractivity contribution in [3.8, 4) is 0 Å². The lowest BCUT2D eigenvalue weighted by Crippen LogP contribution is -2.13. The van der Waals surface area contributed by atoms with Crippen molar-refractivity contribution < 1.29 is 14.7 Å². The number of amides is 1. The molecule has 0 aliphatic carbocycles. The van der Waals surface area contributed by atoms with Crippen molar-refractivity contribution >= 4 is 63.0 Å². The van der Waals surface area contributed by atoms with Crippen LogP contribution in [0.25, 0.3) is 22.1 Å². The summed E-state index contributed by atoms with van der Waals surface area (Å²) in [5.74, 6) is -0.965. The Balaban J connectivity index is 1.37. The van der Waals surface area contributed by atoms with Crippen LogP contribution in [0.1, 0.15) is 16.8 Å². The van der Waals surface area contributed by atoms with Gasteiger partial charge in [0.05, 0.1) is 10.6 Å². The van der Waals surface area contributed by atoms with Gasteiger partial charge in [0.15, 0.2) is 5.65 Å². The van der Waals surface area contributed by atoms with E-state index in [1.165, 1.54) is 23.9 Å². The van der Waals surface area contributed by atoms with E-state index < -0.39 is 5.97 Å². The highest BCUT2D eigenvalue weighted by atomic mass is 35.5. The van der Waals surface area contributed by atoms with Crippen LogP contribution in [0.2, 0.25) is 5.02 Å². The third-order valence-electron chi connectivity index (χ3n) is 4.14. The lowest BCUT2D eigenvalue weighted by molar-refractivity contribution is -0.115. The molecule has 0 aliphatic heterocycles. The topological polar surface area (TPSA) is 121 Å². The summed E-state index contributed by atoms with van der Waals surface area (Å²) in [7, 11) is 0. The van der Waals surface area contributed by atoms with Gasteiger partial charge in [0.25, 0.3) is 0 Å². The van der Waals surface area contributed by atoms with Gasteiger partial charge in [-0.25, -0.2) is 9.78 Å². The summed E-state index contributed by atoms with van der Waals surface area (Å²) in [5.41, 5.74) is 2.61. The van der Waals surface area contributed by atoms with Gasteiger partial charge in [-0.3, -0.25) is 4.79 Å². The van der Waals surface area contributed by atoms with Crippen molar-refractivity contribution in [3.05, 3.63) is 53.1 Å². The van der Waals surface area contributed by atoms with Gasteiger partial charge in [0.2, 0.25) is 11.1 Å². The number of halogens is 1. The van der Waals surface area contributed by atoms with Gasteiger partial charge in [0, 0.05) is 28.8 Å². The van der Waals surface area contributed by atoms with E-state index in [2.05, 4.69) is 25.5 Å². The van der Waals surface area contributed by atoms with E-state index in [1.54, 1.807) is 6.07 Å². The minimum atomic E-state index is -1.15. The first-order valence-electron chi connectivity index (χ1n) is 8.58. The molecule has 0 fully saturated rings. The average Bonchev–Trinajstić information content (AvgIpc) is 3.07. The molecule has 2 heterocycles. The number of carbonyl (C=O) groups excluding carboxylic acids is 1. The van der Waals surface area contributed by atoms with Crippen molar-refractivity contribution in [2.24, 2.45) is 0 Å². The molecule has 0 radical (unpaired) electrons. The molecular formula is C19H14ClN5O3S. The number of thioether (sulfide) groups is 1. The number of aromatic nitrogens is 4. The van der Waals surface area contributed by atoms with Crippen LogP contribution in [-0.2, 0) is 4.79 Å². The van der Waals surface area contributed by atoms with Crippen LogP contribution >= 0.6 is 23.4 Å². The maximum atomic E-state index is 12.1. The van der Waals surface area contributed by atoms with Gasteiger partial charge in [-0.1, -0.05) is 41.6 Å². The SMILES string of the molecule is O=C(CCSc1nnc2c(n1)[nH]c1ccccc12)Nc1ccc(Cl)c(C(=O)O)c1. The molecule has 146 valence electrons. The van der Waals surface area contributed by atoms with Gasteiger partial charge in [0.1, 0.15) is 5.52 Å². The zero-order valence-electron chi connectivity index (χ0n) is 14.8. The fraction of sp³-hybridized carbons (Fsp3) is 0.105. The Labute approximate surface area is 173 Å². The number of benzene rings is 2. The minimum absolute atomic E-state index is 0.0649. The van der Waals surface area contributed by atoms with Gasteiger partial charge in [-0.2, -0.15) is 0 Å². The fourth-order valence-electron chi connectivity index (χ4n) is 2.79. The van der Waals surface area contributed by atoms with E-state index in [0.29, 0.717) is 27.8 Å². The van der Waals surface area contributed by atoms with Gasteiger partial charge < -0.3 is 15.4 Å². The Bertz CT molecular complexity index is 1240. The number of aromatic carboxylic acids is 1. The van der Waals surface area contributed by atoms with Crippen molar-refractivity contribution in [1.29, 1.82) is 0 Å². The molecule has 4 rings (SSSR count). The van der Waals surface area contributed by atoms with E-state index in [4.69, 9.17) is 16.7 Å². The van der Waals surface area contributed by atoms with Gasteiger partial charge in [-0.15, -0.1) is 10.2 Å². The molecule has 0 saturated carbocycles. The molecule has 2 aromatic heterocycles. The Morgan fingerprint density at radius 3 is 2.83 bits per heavy atom. The van der Waals surface area contributed by atoms with Crippen LogP contribution in [0, 0.1) is 0 Å². The third-order valence-corrected chi connectivity index (χ3v) is 5.31. The van der Waals surface area contributed by atoms with Crippen LogP contribution in [0.5, 0.6) is 0 Å². The fourth-order valence-corrected chi connectivity index (χ4v) is 3.72. The maximum absolute atomic E-state index is 12.1. The van der Waals surface area contributed by atoms with Crippen molar-refractivity contribution in [3.63, 3.8) is 0 Å². The predicted molar refractivity (Wildman–Crippen MR) is 112 cm³/mol. The molecule has 1 amide bonds. The summed E-state index contributed by atoms with van der Waals surface area (Å²) >= 11 is 7.14. The number of carboxylic acid groups (broad SMARTS) is 1. The number of aromatic amines is 1.